The largest absolute Gasteiger partial charge is 0.368 e. The van der Waals surface area contributed by atoms with Gasteiger partial charge in [-0.2, -0.15) is 0 Å². The van der Waals surface area contributed by atoms with Gasteiger partial charge >= 0.3 is 0 Å². The molecule has 0 aliphatic carbocycles. The number of nitrogens with two attached hydrogens (primary N) is 1. The van der Waals surface area contributed by atoms with Crippen molar-refractivity contribution in [1.29, 1.82) is 0 Å². The molecule has 2 rings (SSSR count). The molecule has 0 aliphatic rings. The van der Waals surface area contributed by atoms with Crippen molar-refractivity contribution in [2.24, 2.45) is 0 Å². The highest BCUT2D eigenvalue weighted by atomic mass is 15.0. The van der Waals surface area contributed by atoms with Gasteiger partial charge in [-0.05, 0) is 18.1 Å². The summed E-state index contributed by atoms with van der Waals surface area (Å²) in [5.74, 6) is 0.315. The maximum atomic E-state index is 5.55. The van der Waals surface area contributed by atoms with E-state index < -0.39 is 0 Å². The summed E-state index contributed by atoms with van der Waals surface area (Å²) in [6.45, 7) is 2.18. The van der Waals surface area contributed by atoms with Gasteiger partial charge in [0.05, 0.1) is 5.69 Å². The van der Waals surface area contributed by atoms with Crippen LogP contribution >= 0.6 is 0 Å². The number of hydrogen-bond donors (Lipinski definition) is 1. The Bertz CT molecular complexity index is 463. The molecule has 0 aliphatic heterocycles. The molecule has 3 nitrogen and oxygen atoms in total. The molecule has 1 aromatic carbocycles. The van der Waals surface area contributed by atoms with E-state index >= 15 is 0 Å². The molecule has 2 N–H and O–H groups in total. The van der Waals surface area contributed by atoms with Crippen LogP contribution in [0.2, 0.25) is 0 Å². The van der Waals surface area contributed by atoms with Gasteiger partial charge in [0.25, 0.3) is 0 Å². The summed E-state index contributed by atoms with van der Waals surface area (Å²) in [4.78, 5) is 8.06. The molecule has 3 heteroatoms. The van der Waals surface area contributed by atoms with Crippen LogP contribution in [0.15, 0.2) is 36.5 Å². The van der Waals surface area contributed by atoms with Crippen LogP contribution in [0, 0.1) is 0 Å². The Morgan fingerprint density at radius 3 is 2.50 bits per heavy atom. The number of hydrogen-bond acceptors (Lipinski definition) is 3. The van der Waals surface area contributed by atoms with Gasteiger partial charge in [0.15, 0.2) is 0 Å². The Morgan fingerprint density at radius 2 is 1.88 bits per heavy atom. The molecular weight excluding hydrogens is 198 g/mol. The fraction of sp³-hybridized carbons (Fsp3) is 0.231. The molecule has 16 heavy (non-hydrogen) atoms. The number of aryl methyl sites for hydroxylation is 1. The topological polar surface area (TPSA) is 51.8 Å². The Kier molecular flexibility index (Phi) is 3.15. The van der Waals surface area contributed by atoms with E-state index in [1.165, 1.54) is 12.0 Å². The summed E-state index contributed by atoms with van der Waals surface area (Å²) in [7, 11) is 0. The number of nitrogen functional groups attached to an aromatic ring is 1. The highest BCUT2D eigenvalue weighted by Crippen LogP contribution is 2.18. The second-order valence-electron chi connectivity index (χ2n) is 3.75. The van der Waals surface area contributed by atoms with Crippen LogP contribution in [0.4, 0.5) is 5.95 Å². The third-order valence-corrected chi connectivity index (χ3v) is 2.46. The lowest BCUT2D eigenvalue weighted by atomic mass is 10.1. The number of rotatable bonds is 3. The average Bonchev–Trinajstić information content (AvgIpc) is 2.30. The maximum absolute atomic E-state index is 5.55. The summed E-state index contributed by atoms with van der Waals surface area (Å²) in [6, 6.07) is 10.3. The summed E-state index contributed by atoms with van der Waals surface area (Å²) >= 11 is 0. The van der Waals surface area contributed by atoms with Gasteiger partial charge in [0, 0.05) is 11.8 Å². The number of anilines is 1. The van der Waals surface area contributed by atoms with E-state index in [4.69, 9.17) is 5.73 Å². The van der Waals surface area contributed by atoms with E-state index in [9.17, 15) is 0 Å². The standard InChI is InChI=1S/C13H15N3/c1-2-3-10-4-6-11(7-5-10)12-8-9-15-13(14)16-12/h4-9H,2-3H2,1H3,(H2,14,15,16). The molecule has 0 atom stereocenters. The minimum absolute atomic E-state index is 0.315. The molecule has 0 radical (unpaired) electrons. The van der Waals surface area contributed by atoms with Gasteiger partial charge in [0.2, 0.25) is 5.95 Å². The highest BCUT2D eigenvalue weighted by Gasteiger charge is 2.00. The molecule has 0 amide bonds. The Hall–Kier alpha value is -1.90. The predicted octanol–water partition coefficient (Wildman–Crippen LogP) is 2.68. The third-order valence-electron chi connectivity index (χ3n) is 2.46. The van der Waals surface area contributed by atoms with Crippen LogP contribution in [-0.2, 0) is 6.42 Å². The summed E-state index contributed by atoms with van der Waals surface area (Å²) in [5, 5.41) is 0. The molecule has 0 saturated heterocycles. The average molecular weight is 213 g/mol. The minimum atomic E-state index is 0.315. The summed E-state index contributed by atoms with van der Waals surface area (Å²) in [5.41, 5.74) is 8.85. The van der Waals surface area contributed by atoms with E-state index in [1.807, 2.05) is 6.07 Å². The first-order chi connectivity index (χ1) is 7.79. The quantitative estimate of drug-likeness (QED) is 0.852. The molecule has 82 valence electrons. The van der Waals surface area contributed by atoms with Gasteiger partial charge in [0.1, 0.15) is 0 Å². The van der Waals surface area contributed by atoms with E-state index in [1.54, 1.807) is 6.20 Å². The molecule has 0 spiro atoms. The predicted molar refractivity (Wildman–Crippen MR) is 65.9 cm³/mol. The first kappa shape index (κ1) is 10.6. The van der Waals surface area contributed by atoms with E-state index in [-0.39, 0.29) is 0 Å². The van der Waals surface area contributed by atoms with Gasteiger partial charge in [-0.25, -0.2) is 9.97 Å². The van der Waals surface area contributed by atoms with Gasteiger partial charge in [-0.15, -0.1) is 0 Å². The van der Waals surface area contributed by atoms with Crippen molar-refractivity contribution in [1.82, 2.24) is 9.97 Å². The van der Waals surface area contributed by atoms with Crippen LogP contribution in [0.5, 0.6) is 0 Å². The maximum Gasteiger partial charge on any atom is 0.220 e. The smallest absolute Gasteiger partial charge is 0.220 e. The highest BCUT2D eigenvalue weighted by molar-refractivity contribution is 5.59. The molecule has 0 saturated carbocycles. The van der Waals surface area contributed by atoms with E-state index in [0.29, 0.717) is 5.95 Å². The van der Waals surface area contributed by atoms with Crippen molar-refractivity contribution in [3.8, 4) is 11.3 Å². The Labute approximate surface area is 95.4 Å². The molecule has 0 bridgehead atoms. The van der Waals surface area contributed by atoms with Crippen LogP contribution in [0.3, 0.4) is 0 Å². The Morgan fingerprint density at radius 1 is 1.12 bits per heavy atom. The second-order valence-corrected chi connectivity index (χ2v) is 3.75. The van der Waals surface area contributed by atoms with Crippen molar-refractivity contribution < 1.29 is 0 Å². The lowest BCUT2D eigenvalue weighted by Crippen LogP contribution is -1.95. The summed E-state index contributed by atoms with van der Waals surface area (Å²) < 4.78 is 0. The van der Waals surface area contributed by atoms with Crippen molar-refractivity contribution in [2.75, 3.05) is 5.73 Å². The third kappa shape index (κ3) is 2.37. The summed E-state index contributed by atoms with van der Waals surface area (Å²) in [6.07, 6.45) is 3.96. The molecule has 1 aromatic heterocycles. The minimum Gasteiger partial charge on any atom is -0.368 e. The van der Waals surface area contributed by atoms with E-state index in [2.05, 4.69) is 41.2 Å². The van der Waals surface area contributed by atoms with Gasteiger partial charge in [-0.1, -0.05) is 37.6 Å². The zero-order valence-corrected chi connectivity index (χ0v) is 9.35. The number of benzene rings is 1. The van der Waals surface area contributed by atoms with Crippen LogP contribution in [-0.4, -0.2) is 9.97 Å². The fourth-order valence-electron chi connectivity index (χ4n) is 1.67. The lowest BCUT2D eigenvalue weighted by Gasteiger charge is -2.03. The Balaban J connectivity index is 2.27. The van der Waals surface area contributed by atoms with Crippen molar-refractivity contribution in [3.63, 3.8) is 0 Å². The lowest BCUT2D eigenvalue weighted by molar-refractivity contribution is 0.922. The first-order valence-corrected chi connectivity index (χ1v) is 5.47. The molecule has 0 fully saturated rings. The van der Waals surface area contributed by atoms with E-state index in [0.717, 1.165) is 17.7 Å². The van der Waals surface area contributed by atoms with Crippen molar-refractivity contribution >= 4 is 5.95 Å². The van der Waals surface area contributed by atoms with Crippen molar-refractivity contribution in [2.45, 2.75) is 19.8 Å². The monoisotopic (exact) mass is 213 g/mol. The normalized spacial score (nSPS) is 10.3. The zero-order chi connectivity index (χ0) is 11.4. The number of nitrogens with zero attached hydrogens (tertiary/aromatic N) is 2. The van der Waals surface area contributed by atoms with Crippen LogP contribution < -0.4 is 5.73 Å². The van der Waals surface area contributed by atoms with Crippen molar-refractivity contribution in [3.05, 3.63) is 42.1 Å². The first-order valence-electron chi connectivity index (χ1n) is 5.47. The van der Waals surface area contributed by atoms with Gasteiger partial charge in [-0.3, -0.25) is 0 Å². The SMILES string of the molecule is CCCc1ccc(-c2ccnc(N)n2)cc1. The fourth-order valence-corrected chi connectivity index (χ4v) is 1.67. The molecule has 1 heterocycles. The zero-order valence-electron chi connectivity index (χ0n) is 9.35. The second kappa shape index (κ2) is 4.75. The molecular formula is C13H15N3. The number of aromatic nitrogens is 2. The van der Waals surface area contributed by atoms with Gasteiger partial charge < -0.3 is 5.73 Å². The van der Waals surface area contributed by atoms with Crippen LogP contribution in [0.25, 0.3) is 11.3 Å². The molecule has 0 unspecified atom stereocenters. The van der Waals surface area contributed by atoms with Crippen LogP contribution in [0.1, 0.15) is 18.9 Å². The molecule has 2 aromatic rings.